The van der Waals surface area contributed by atoms with Crippen molar-refractivity contribution in [2.45, 2.75) is 49.0 Å². The first-order chi connectivity index (χ1) is 22.6. The lowest BCUT2D eigenvalue weighted by atomic mass is 10.0. The normalized spacial score (nSPS) is 19.4. The van der Waals surface area contributed by atoms with Gasteiger partial charge in [0.05, 0.1) is 18.6 Å². The van der Waals surface area contributed by atoms with Crippen LogP contribution in [0.1, 0.15) is 45.7 Å². The lowest BCUT2D eigenvalue weighted by Gasteiger charge is -2.34. The molecule has 10 nitrogen and oxygen atoms in total. The molecule has 2 aliphatic rings. The highest BCUT2D eigenvalue weighted by molar-refractivity contribution is 7.90. The summed E-state index contributed by atoms with van der Waals surface area (Å²) in [7, 11) is -1.69. The molecule has 0 spiro atoms. The van der Waals surface area contributed by atoms with Crippen LogP contribution in [-0.4, -0.2) is 87.9 Å². The van der Waals surface area contributed by atoms with Gasteiger partial charge in [-0.25, -0.2) is 12.8 Å². The number of likely N-dealkylation sites (tertiary alicyclic amines) is 2. The molecule has 47 heavy (non-hydrogen) atoms. The van der Waals surface area contributed by atoms with Gasteiger partial charge in [0.1, 0.15) is 23.2 Å². The molecule has 3 aromatic carbocycles. The number of hydrogen-bond donors (Lipinski definition) is 1. The third-order valence-electron chi connectivity index (χ3n) is 8.78. The Kier molecular flexibility index (Phi) is 9.51. The second-order valence-corrected chi connectivity index (χ2v) is 14.2. The predicted molar refractivity (Wildman–Crippen MR) is 174 cm³/mol. The Bertz CT molecular complexity index is 1840. The Morgan fingerprint density at radius 1 is 0.936 bits per heavy atom. The van der Waals surface area contributed by atoms with Crippen molar-refractivity contribution in [2.75, 3.05) is 39.5 Å². The number of benzene rings is 3. The number of carbonyl (C=O) groups is 2. The van der Waals surface area contributed by atoms with Crippen molar-refractivity contribution in [3.63, 3.8) is 0 Å². The molecule has 248 valence electrons. The Labute approximate surface area is 273 Å². The van der Waals surface area contributed by atoms with Gasteiger partial charge in [-0.2, -0.15) is 0 Å². The van der Waals surface area contributed by atoms with Crippen molar-refractivity contribution in [3.8, 4) is 11.5 Å². The second kappa shape index (κ2) is 13.7. The van der Waals surface area contributed by atoms with Crippen LogP contribution in [0.15, 0.2) is 82.1 Å². The number of furan rings is 1. The van der Waals surface area contributed by atoms with Crippen LogP contribution < -0.4 is 14.8 Å². The minimum absolute atomic E-state index is 0.0346. The van der Waals surface area contributed by atoms with E-state index >= 15 is 4.39 Å². The van der Waals surface area contributed by atoms with Gasteiger partial charge in [-0.15, -0.1) is 0 Å². The Morgan fingerprint density at radius 2 is 1.64 bits per heavy atom. The second-order valence-electron chi connectivity index (χ2n) is 12.2. The van der Waals surface area contributed by atoms with E-state index in [1.165, 1.54) is 34.7 Å². The van der Waals surface area contributed by atoms with E-state index < -0.39 is 22.1 Å². The fourth-order valence-corrected chi connectivity index (χ4v) is 6.72. The zero-order chi connectivity index (χ0) is 33.1. The largest absolute Gasteiger partial charge is 0.497 e. The molecule has 2 amide bonds. The monoisotopic (exact) mass is 663 g/mol. The molecule has 6 rings (SSSR count). The van der Waals surface area contributed by atoms with Crippen LogP contribution in [-0.2, 0) is 16.4 Å². The number of sulfone groups is 1. The number of hydrogen-bond acceptors (Lipinski definition) is 8. The number of nitrogens with one attached hydrogen (secondary N) is 1. The van der Waals surface area contributed by atoms with Crippen molar-refractivity contribution in [1.29, 1.82) is 0 Å². The smallest absolute Gasteiger partial charge is 0.287 e. The molecule has 2 atom stereocenters. The van der Waals surface area contributed by atoms with Crippen LogP contribution >= 0.6 is 0 Å². The maximum absolute atomic E-state index is 15.1. The van der Waals surface area contributed by atoms with E-state index in [0.717, 1.165) is 44.5 Å². The van der Waals surface area contributed by atoms with Crippen LogP contribution in [0.3, 0.4) is 0 Å². The summed E-state index contributed by atoms with van der Waals surface area (Å²) < 4.78 is 55.3. The number of rotatable bonds is 9. The van der Waals surface area contributed by atoms with Gasteiger partial charge in [-0.1, -0.05) is 12.1 Å². The van der Waals surface area contributed by atoms with Gasteiger partial charge in [-0.05, 0) is 79.1 Å². The highest BCUT2D eigenvalue weighted by atomic mass is 32.2. The molecule has 0 bridgehead atoms. The number of halogens is 1. The summed E-state index contributed by atoms with van der Waals surface area (Å²) in [5, 5.41) is 3.70. The molecule has 0 saturated carbocycles. The lowest BCUT2D eigenvalue weighted by Crippen LogP contribution is -2.49. The molecule has 2 fully saturated rings. The number of methoxy groups -OCH3 is 1. The zero-order valence-electron chi connectivity index (χ0n) is 26.4. The van der Waals surface area contributed by atoms with Crippen LogP contribution in [0.2, 0.25) is 0 Å². The third kappa shape index (κ3) is 7.77. The fraction of sp³-hybridized carbons (Fsp3) is 0.371. The van der Waals surface area contributed by atoms with Gasteiger partial charge >= 0.3 is 0 Å². The molecule has 12 heteroatoms. The number of ether oxygens (including phenoxy) is 2. The van der Waals surface area contributed by atoms with E-state index in [4.69, 9.17) is 13.9 Å². The zero-order valence-corrected chi connectivity index (χ0v) is 27.2. The van der Waals surface area contributed by atoms with Crippen molar-refractivity contribution >= 4 is 32.6 Å². The molecular weight excluding hydrogens is 625 g/mol. The average Bonchev–Trinajstić information content (AvgIpc) is 3.50. The van der Waals surface area contributed by atoms with Crippen LogP contribution in [0, 0.1) is 0 Å². The summed E-state index contributed by atoms with van der Waals surface area (Å²) in [5.74, 6) is 0.761. The highest BCUT2D eigenvalue weighted by Gasteiger charge is 2.34. The van der Waals surface area contributed by atoms with Gasteiger partial charge in [0.15, 0.2) is 21.8 Å². The number of amides is 2. The minimum atomic E-state index is -3.34. The van der Waals surface area contributed by atoms with Crippen molar-refractivity contribution < 1.29 is 36.3 Å². The highest BCUT2D eigenvalue weighted by Crippen LogP contribution is 2.26. The summed E-state index contributed by atoms with van der Waals surface area (Å²) in [6, 6.07) is 20.5. The first-order valence-corrected chi connectivity index (χ1v) is 17.5. The SMILES string of the molecule is COc1ccc(CN2CCC(NC(=O)c3cc4cc(C(=O)N5CCC(Oc6ccc(S(C)(=O)=O)cc6)C(F)C5)ccc4o3)CC2)cc1. The summed E-state index contributed by atoms with van der Waals surface area (Å²) in [6.45, 7) is 2.73. The van der Waals surface area contributed by atoms with Crippen molar-refractivity contribution in [3.05, 3.63) is 89.7 Å². The van der Waals surface area contributed by atoms with E-state index in [9.17, 15) is 18.0 Å². The number of alkyl halides is 1. The minimum Gasteiger partial charge on any atom is -0.497 e. The predicted octanol–water partition coefficient (Wildman–Crippen LogP) is 4.87. The molecule has 2 saturated heterocycles. The summed E-state index contributed by atoms with van der Waals surface area (Å²) in [5.41, 5.74) is 2.07. The summed E-state index contributed by atoms with van der Waals surface area (Å²) in [4.78, 5) is 30.3. The summed E-state index contributed by atoms with van der Waals surface area (Å²) in [6.07, 6.45) is 0.858. The molecule has 1 aromatic heterocycles. The summed E-state index contributed by atoms with van der Waals surface area (Å²) >= 11 is 0. The fourth-order valence-electron chi connectivity index (χ4n) is 6.09. The van der Waals surface area contributed by atoms with E-state index in [1.807, 2.05) is 12.1 Å². The topological polar surface area (TPSA) is 118 Å². The Morgan fingerprint density at radius 3 is 2.30 bits per heavy atom. The first kappa shape index (κ1) is 32.5. The molecule has 1 N–H and O–H groups in total. The van der Waals surface area contributed by atoms with Crippen LogP contribution in [0.4, 0.5) is 4.39 Å². The van der Waals surface area contributed by atoms with Crippen LogP contribution in [0.25, 0.3) is 11.0 Å². The van der Waals surface area contributed by atoms with E-state index in [0.29, 0.717) is 28.8 Å². The van der Waals surface area contributed by atoms with E-state index in [1.54, 1.807) is 31.4 Å². The van der Waals surface area contributed by atoms with Gasteiger partial charge in [-0.3, -0.25) is 14.5 Å². The van der Waals surface area contributed by atoms with E-state index in [2.05, 4.69) is 22.3 Å². The maximum atomic E-state index is 15.1. The molecule has 2 aliphatic heterocycles. The van der Waals surface area contributed by atoms with Crippen molar-refractivity contribution in [2.24, 2.45) is 0 Å². The molecule has 3 heterocycles. The Balaban J connectivity index is 1.00. The average molecular weight is 664 g/mol. The van der Waals surface area contributed by atoms with Gasteiger partial charge in [0.2, 0.25) is 0 Å². The molecular formula is C35H38FN3O7S. The van der Waals surface area contributed by atoms with Crippen molar-refractivity contribution in [1.82, 2.24) is 15.1 Å². The standard InChI is InChI=1S/C35H38FN3O7S/c1-44-27-6-3-23(4-7-27)21-38-16-13-26(14-17-38)37-34(40)33-20-25-19-24(5-12-31(25)46-33)35(41)39-18-15-32(30(36)22-39)45-28-8-10-29(11-9-28)47(2,42)43/h3-12,19-20,26,30,32H,13-18,21-22H2,1-2H3,(H,37,40). The van der Waals surface area contributed by atoms with Crippen LogP contribution in [0.5, 0.6) is 11.5 Å². The van der Waals surface area contributed by atoms with Gasteiger partial charge < -0.3 is 24.1 Å². The quantitative estimate of drug-likeness (QED) is 0.270. The Hall–Kier alpha value is -4.42. The number of fused-ring (bicyclic) bond motifs is 1. The third-order valence-corrected chi connectivity index (χ3v) is 9.91. The van der Waals surface area contributed by atoms with Gasteiger partial charge in [0, 0.05) is 55.8 Å². The molecule has 4 aromatic rings. The number of nitrogens with zero attached hydrogens (tertiary/aromatic N) is 2. The van der Waals surface area contributed by atoms with E-state index in [-0.39, 0.29) is 41.5 Å². The molecule has 2 unspecified atom stereocenters. The maximum Gasteiger partial charge on any atom is 0.287 e. The molecule has 0 aliphatic carbocycles. The number of piperidine rings is 2. The molecule has 0 radical (unpaired) electrons. The first-order valence-electron chi connectivity index (χ1n) is 15.7. The lowest BCUT2D eigenvalue weighted by molar-refractivity contribution is 0.0202. The number of carbonyl (C=O) groups excluding carboxylic acids is 2. The van der Waals surface area contributed by atoms with Gasteiger partial charge in [0.25, 0.3) is 11.8 Å².